The van der Waals surface area contributed by atoms with Crippen molar-refractivity contribution in [2.75, 3.05) is 13.2 Å². The topological polar surface area (TPSA) is 107 Å². The van der Waals surface area contributed by atoms with Crippen LogP contribution in [-0.2, 0) is 4.79 Å². The van der Waals surface area contributed by atoms with E-state index in [4.69, 9.17) is 34.0 Å². The molecule has 1 aliphatic heterocycles. The summed E-state index contributed by atoms with van der Waals surface area (Å²) in [7, 11) is 0. The molecule has 1 amide bonds. The number of phenolic OH excluding ortho intramolecular Hbond substituents is 1. The first-order valence-corrected chi connectivity index (χ1v) is 11.0. The Bertz CT molecular complexity index is 664. The average molecular weight is 502 g/mol. The number of carbonyl (C=O) groups is 1. The van der Waals surface area contributed by atoms with Crippen molar-refractivity contribution < 1.29 is 41.6 Å². The second-order valence-electron chi connectivity index (χ2n) is 6.46. The zero-order chi connectivity index (χ0) is 18.3. The molecule has 1 aromatic carbocycles. The molecule has 2 aliphatic rings. The van der Waals surface area contributed by atoms with E-state index >= 15 is 0 Å². The van der Waals surface area contributed by atoms with E-state index in [-0.39, 0.29) is 32.6 Å². The van der Waals surface area contributed by atoms with E-state index in [0.717, 1.165) is 12.8 Å². The Morgan fingerprint density at radius 1 is 1.36 bits per heavy atom. The normalized spacial score (nSPS) is 28.4. The Morgan fingerprint density at radius 3 is 2.68 bits per heavy atom. The van der Waals surface area contributed by atoms with E-state index in [1.165, 1.54) is 6.07 Å². The molecule has 1 aromatic rings. The minimum atomic E-state index is -1.34. The van der Waals surface area contributed by atoms with Gasteiger partial charge in [-0.05, 0) is 0 Å². The van der Waals surface area contributed by atoms with Gasteiger partial charge in [-0.3, -0.25) is 0 Å². The SMILES string of the molecule is N[C@H](c1cc(Cl)c(Cl)cc1O)C1C2CCC1[I-]N(C(=O)[C@H](O)CO)C2. The molecule has 1 saturated heterocycles. The summed E-state index contributed by atoms with van der Waals surface area (Å²) in [4.78, 5) is 12.2. The number of amides is 1. The predicted molar refractivity (Wildman–Crippen MR) is 89.9 cm³/mol. The molecule has 1 saturated carbocycles. The quantitative estimate of drug-likeness (QED) is 0.223. The maximum atomic E-state index is 12.2. The number of nitrogens with two attached hydrogens (primary N) is 1. The Balaban J connectivity index is 1.79. The molecule has 5 atom stereocenters. The average Bonchev–Trinajstić information content (AvgIpc) is 2.85. The zero-order valence-electron chi connectivity index (χ0n) is 13.3. The van der Waals surface area contributed by atoms with Crippen molar-refractivity contribution in [2.45, 2.75) is 28.9 Å². The first-order valence-electron chi connectivity index (χ1n) is 8.01. The number of hydrogen-bond donors (Lipinski definition) is 4. The van der Waals surface area contributed by atoms with Gasteiger partial charge in [0.15, 0.2) is 0 Å². The van der Waals surface area contributed by atoms with Crippen LogP contribution in [0.1, 0.15) is 24.4 Å². The third-order valence-electron chi connectivity index (χ3n) is 4.95. The number of aliphatic hydroxyl groups excluding tert-OH is 2. The van der Waals surface area contributed by atoms with Crippen molar-refractivity contribution in [3.63, 3.8) is 0 Å². The summed E-state index contributed by atoms with van der Waals surface area (Å²) in [5, 5.41) is 29.5. The Hall–Kier alpha value is -0.320. The van der Waals surface area contributed by atoms with Gasteiger partial charge in [-0.2, -0.15) is 0 Å². The van der Waals surface area contributed by atoms with Gasteiger partial charge >= 0.3 is 167 Å². The van der Waals surface area contributed by atoms with E-state index in [9.17, 15) is 15.0 Å². The van der Waals surface area contributed by atoms with Gasteiger partial charge in [-0.15, -0.1) is 0 Å². The van der Waals surface area contributed by atoms with E-state index in [1.54, 1.807) is 9.18 Å². The molecule has 3 rings (SSSR count). The van der Waals surface area contributed by atoms with Crippen LogP contribution in [0.15, 0.2) is 12.1 Å². The van der Waals surface area contributed by atoms with Crippen molar-refractivity contribution in [3.8, 4) is 5.75 Å². The fourth-order valence-corrected chi connectivity index (χ4v) is 8.27. The first-order chi connectivity index (χ1) is 11.8. The number of hydrogen-bond acceptors (Lipinski definition) is 5. The molecule has 0 aromatic heterocycles. The molecule has 6 nitrogen and oxygen atoms in total. The van der Waals surface area contributed by atoms with Crippen molar-refractivity contribution >= 4 is 29.1 Å². The summed E-state index contributed by atoms with van der Waals surface area (Å²) < 4.78 is 2.01. The molecule has 0 radical (unpaired) electrons. The number of alkyl halides is 1. The number of aliphatic hydroxyl groups is 2. The Kier molecular flexibility index (Phi) is 6.02. The van der Waals surface area contributed by atoms with Gasteiger partial charge < -0.3 is 0 Å². The summed E-state index contributed by atoms with van der Waals surface area (Å²) in [6.07, 6.45) is 0.602. The second kappa shape index (κ2) is 7.74. The molecule has 9 heteroatoms. The molecule has 140 valence electrons. The number of benzene rings is 1. The van der Waals surface area contributed by atoms with Gasteiger partial charge in [0.05, 0.1) is 0 Å². The van der Waals surface area contributed by atoms with E-state index in [2.05, 4.69) is 0 Å². The Labute approximate surface area is 166 Å². The van der Waals surface area contributed by atoms with Gasteiger partial charge in [-0.1, -0.05) is 0 Å². The fraction of sp³-hybridized carbons (Fsp3) is 0.562. The second-order valence-corrected chi connectivity index (χ2v) is 10.6. The standard InChI is InChI=1S/C16H20Cl2IN2O4/c17-9-3-8(12(23)4-10(9)18)15(20)14-7-1-2-11(14)19-21(5-7)16(25)13(24)6-22/h3-4,7,11,13-15,22-24H,1-2,5-6,20H2/q-1/t7?,11?,13-,14?,15-/m1/s1. The molecule has 0 spiro atoms. The van der Waals surface area contributed by atoms with E-state index in [0.29, 0.717) is 17.1 Å². The van der Waals surface area contributed by atoms with Crippen LogP contribution in [0.4, 0.5) is 0 Å². The Morgan fingerprint density at radius 2 is 2.04 bits per heavy atom. The molecular weight excluding hydrogens is 482 g/mol. The van der Waals surface area contributed by atoms with Gasteiger partial charge in [0, 0.05) is 0 Å². The van der Waals surface area contributed by atoms with E-state index < -0.39 is 40.1 Å². The van der Waals surface area contributed by atoms with Gasteiger partial charge in [0.1, 0.15) is 0 Å². The third-order valence-corrected chi connectivity index (χ3v) is 9.39. The molecule has 1 aliphatic carbocycles. The molecule has 3 unspecified atom stereocenters. The van der Waals surface area contributed by atoms with Crippen molar-refractivity contribution in [3.05, 3.63) is 27.7 Å². The van der Waals surface area contributed by atoms with Crippen LogP contribution in [-0.4, -0.2) is 47.5 Å². The van der Waals surface area contributed by atoms with E-state index in [1.807, 2.05) is 0 Å². The summed E-state index contributed by atoms with van der Waals surface area (Å²) in [6, 6.07) is 2.65. The summed E-state index contributed by atoms with van der Waals surface area (Å²) in [5.74, 6) is 0.00808. The monoisotopic (exact) mass is 501 g/mol. The van der Waals surface area contributed by atoms with Gasteiger partial charge in [-0.25, -0.2) is 0 Å². The number of carbonyl (C=O) groups excluding carboxylic acids is 1. The first kappa shape index (κ1) is 19.4. The van der Waals surface area contributed by atoms with Crippen LogP contribution >= 0.6 is 23.2 Å². The number of fused-ring (bicyclic) bond motifs is 2. The molecule has 1 heterocycles. The van der Waals surface area contributed by atoms with Gasteiger partial charge in [0.25, 0.3) is 0 Å². The van der Waals surface area contributed by atoms with Crippen LogP contribution in [0.5, 0.6) is 5.75 Å². The number of phenols is 1. The zero-order valence-corrected chi connectivity index (χ0v) is 16.9. The van der Waals surface area contributed by atoms with Crippen LogP contribution in [0.3, 0.4) is 0 Å². The predicted octanol–water partition coefficient (Wildman–Crippen LogP) is -1.71. The number of halogens is 3. The molecule has 5 N–H and O–H groups in total. The summed E-state index contributed by atoms with van der Waals surface area (Å²) in [6.45, 7) is -0.0192. The van der Waals surface area contributed by atoms with Crippen LogP contribution in [0, 0.1) is 11.8 Å². The summed E-state index contributed by atoms with van der Waals surface area (Å²) in [5.41, 5.74) is 7.06. The number of nitrogens with zero attached hydrogens (tertiary/aromatic N) is 1. The summed E-state index contributed by atoms with van der Waals surface area (Å²) >= 11 is 11.4. The van der Waals surface area contributed by atoms with Crippen molar-refractivity contribution in [2.24, 2.45) is 17.6 Å². The maximum absolute atomic E-state index is 12.2. The minimum absolute atomic E-state index is 0.0358. The number of rotatable bonds is 4. The third kappa shape index (κ3) is 3.72. The molecular formula is C16H20Cl2IN2O4-. The van der Waals surface area contributed by atoms with Crippen molar-refractivity contribution in [1.29, 1.82) is 0 Å². The number of aromatic hydroxyl groups is 1. The molecule has 25 heavy (non-hydrogen) atoms. The van der Waals surface area contributed by atoms with Crippen molar-refractivity contribution in [1.82, 2.24) is 3.11 Å². The van der Waals surface area contributed by atoms with Crippen LogP contribution in [0.2, 0.25) is 10.0 Å². The molecule has 2 fully saturated rings. The van der Waals surface area contributed by atoms with Crippen LogP contribution in [0.25, 0.3) is 0 Å². The van der Waals surface area contributed by atoms with Gasteiger partial charge in [0.2, 0.25) is 0 Å². The molecule has 2 bridgehead atoms. The fourth-order valence-electron chi connectivity index (χ4n) is 3.70. The van der Waals surface area contributed by atoms with Crippen LogP contribution < -0.4 is 27.2 Å².